The molecule has 0 aromatic heterocycles. The van der Waals surface area contributed by atoms with E-state index in [4.69, 9.17) is 0 Å². The van der Waals surface area contributed by atoms with Gasteiger partial charge in [0.05, 0.1) is 21.6 Å². The van der Waals surface area contributed by atoms with E-state index in [-0.39, 0.29) is 23.8 Å². The average Bonchev–Trinajstić information content (AvgIpc) is 2.92. The quantitative estimate of drug-likeness (QED) is 0.413. The normalized spacial score (nSPS) is 30.1. The van der Waals surface area contributed by atoms with Crippen LogP contribution in [0.25, 0.3) is 0 Å². The Morgan fingerprint density at radius 3 is 2.29 bits per heavy atom. The summed E-state index contributed by atoms with van der Waals surface area (Å²) >= 11 is 3.43. The fourth-order valence-electron chi connectivity index (χ4n) is 4.66. The summed E-state index contributed by atoms with van der Waals surface area (Å²) in [7, 11) is 0. The van der Waals surface area contributed by atoms with Crippen molar-refractivity contribution in [1.82, 2.24) is 10.9 Å². The minimum atomic E-state index is -0.931. The largest absolute Gasteiger partial charge is 0.298 e. The molecule has 2 N–H and O–H groups in total. The molecule has 3 atom stereocenters. The molecule has 1 aromatic rings. The fraction of sp³-hybridized carbons (Fsp3) is 0.526. The molecule has 150 valence electrons. The van der Waals surface area contributed by atoms with Crippen LogP contribution in [-0.4, -0.2) is 27.3 Å². The molecule has 2 fully saturated rings. The van der Waals surface area contributed by atoms with Gasteiger partial charge >= 0.3 is 0 Å². The van der Waals surface area contributed by atoms with Gasteiger partial charge in [-0.25, -0.2) is 0 Å². The molecule has 3 rings (SSSR count). The predicted octanol–water partition coefficient (Wildman–Crippen LogP) is 2.44. The third-order valence-electron chi connectivity index (χ3n) is 6.95. The number of hydrogen-bond acceptors (Lipinski definition) is 5. The Hall–Kier alpha value is -2.29. The fourth-order valence-corrected chi connectivity index (χ4v) is 6.17. The highest BCUT2D eigenvalue weighted by Gasteiger charge is 2.76. The number of hydrogen-bond donors (Lipinski definition) is 2. The lowest BCUT2D eigenvalue weighted by Crippen LogP contribution is -2.55. The molecule has 0 heterocycles. The van der Waals surface area contributed by atoms with Crippen molar-refractivity contribution in [2.75, 3.05) is 0 Å². The Bertz CT molecular complexity index is 869. The van der Waals surface area contributed by atoms with E-state index in [2.05, 4.69) is 26.8 Å². The standard InChI is InChI=1S/C19H22BrN3O5/c1-17(2)18(3)8-9-19(17,14(20)15(18)25)16(26)22-21-13(24)10-11-4-6-12(7-5-11)23(27)28/h4-7,14H,8-10H2,1-3H3,(H,21,24)(H,22,26). The minimum Gasteiger partial charge on any atom is -0.298 e. The first-order valence-electron chi connectivity index (χ1n) is 8.98. The second-order valence-corrected chi connectivity index (χ2v) is 9.17. The Labute approximate surface area is 170 Å². The van der Waals surface area contributed by atoms with Crippen LogP contribution in [-0.2, 0) is 20.8 Å². The van der Waals surface area contributed by atoms with Gasteiger partial charge in [-0.2, -0.15) is 0 Å². The van der Waals surface area contributed by atoms with Gasteiger partial charge in [0.1, 0.15) is 0 Å². The average molecular weight is 452 g/mol. The Morgan fingerprint density at radius 2 is 1.79 bits per heavy atom. The Kier molecular flexibility index (Phi) is 4.85. The van der Waals surface area contributed by atoms with E-state index >= 15 is 0 Å². The van der Waals surface area contributed by atoms with E-state index in [0.717, 1.165) is 0 Å². The van der Waals surface area contributed by atoms with Crippen LogP contribution in [0.2, 0.25) is 0 Å². The number of amides is 2. The molecule has 0 aliphatic heterocycles. The van der Waals surface area contributed by atoms with Crippen molar-refractivity contribution in [3.05, 3.63) is 39.9 Å². The minimum absolute atomic E-state index is 0.0242. The summed E-state index contributed by atoms with van der Waals surface area (Å²) in [5.74, 6) is -0.810. The number of rotatable bonds is 4. The van der Waals surface area contributed by atoms with Gasteiger partial charge in [0.2, 0.25) is 11.8 Å². The number of ketones is 1. The van der Waals surface area contributed by atoms with E-state index < -0.39 is 31.9 Å². The second kappa shape index (κ2) is 6.65. The first-order valence-corrected chi connectivity index (χ1v) is 9.90. The molecule has 2 aliphatic rings. The van der Waals surface area contributed by atoms with Crippen LogP contribution in [0, 0.1) is 26.4 Å². The molecule has 28 heavy (non-hydrogen) atoms. The summed E-state index contributed by atoms with van der Waals surface area (Å²) in [5.41, 5.74) is 3.35. The second-order valence-electron chi connectivity index (χ2n) is 8.26. The van der Waals surface area contributed by atoms with Gasteiger partial charge in [0.15, 0.2) is 5.78 Å². The van der Waals surface area contributed by atoms with E-state index in [9.17, 15) is 24.5 Å². The number of nitro benzene ring substituents is 1. The number of fused-ring (bicyclic) bond motifs is 2. The summed E-state index contributed by atoms with van der Waals surface area (Å²) in [5, 5.41) is 10.7. The van der Waals surface area contributed by atoms with Crippen LogP contribution < -0.4 is 10.9 Å². The topological polar surface area (TPSA) is 118 Å². The predicted molar refractivity (Wildman–Crippen MR) is 104 cm³/mol. The number of carbonyl (C=O) groups is 3. The van der Waals surface area contributed by atoms with Crippen molar-refractivity contribution in [3.63, 3.8) is 0 Å². The first kappa shape index (κ1) is 20.4. The molecular formula is C19H22BrN3O5. The van der Waals surface area contributed by atoms with Crippen LogP contribution in [0.3, 0.4) is 0 Å². The van der Waals surface area contributed by atoms with Gasteiger partial charge in [-0.15, -0.1) is 0 Å². The van der Waals surface area contributed by atoms with Gasteiger partial charge in [0, 0.05) is 17.5 Å². The van der Waals surface area contributed by atoms with Crippen molar-refractivity contribution >= 4 is 39.2 Å². The maximum absolute atomic E-state index is 13.0. The molecule has 3 unspecified atom stereocenters. The van der Waals surface area contributed by atoms with E-state index in [0.29, 0.717) is 18.4 Å². The highest BCUT2D eigenvalue weighted by atomic mass is 79.9. The van der Waals surface area contributed by atoms with Gasteiger partial charge in [-0.05, 0) is 23.8 Å². The molecule has 2 bridgehead atoms. The Morgan fingerprint density at radius 1 is 1.18 bits per heavy atom. The van der Waals surface area contributed by atoms with E-state index in [1.54, 1.807) is 0 Å². The summed E-state index contributed by atoms with van der Waals surface area (Å²) in [6.07, 6.45) is 1.15. The lowest BCUT2D eigenvalue weighted by atomic mass is 9.64. The number of hydrazine groups is 1. The van der Waals surface area contributed by atoms with Crippen LogP contribution in [0.15, 0.2) is 24.3 Å². The zero-order chi connectivity index (χ0) is 20.9. The molecule has 0 radical (unpaired) electrons. The van der Waals surface area contributed by atoms with Crippen molar-refractivity contribution in [2.45, 2.75) is 44.9 Å². The van der Waals surface area contributed by atoms with E-state index in [1.165, 1.54) is 24.3 Å². The van der Waals surface area contributed by atoms with Gasteiger partial charge < -0.3 is 0 Å². The van der Waals surface area contributed by atoms with Crippen molar-refractivity contribution in [2.24, 2.45) is 16.2 Å². The van der Waals surface area contributed by atoms with Gasteiger partial charge in [-0.3, -0.25) is 35.3 Å². The maximum Gasteiger partial charge on any atom is 0.269 e. The smallest absolute Gasteiger partial charge is 0.269 e. The number of nitrogens with zero attached hydrogens (tertiary/aromatic N) is 1. The van der Waals surface area contributed by atoms with Gasteiger partial charge in [0.25, 0.3) is 5.69 Å². The zero-order valence-electron chi connectivity index (χ0n) is 15.9. The maximum atomic E-state index is 13.0. The highest BCUT2D eigenvalue weighted by Crippen LogP contribution is 2.72. The number of halogens is 1. The van der Waals surface area contributed by atoms with Crippen LogP contribution in [0.1, 0.15) is 39.2 Å². The molecule has 0 saturated heterocycles. The SMILES string of the molecule is CC12CCC(C(=O)NNC(=O)Cc3ccc([N+](=O)[O-])cc3)(C(Br)C1=O)C2(C)C. The lowest BCUT2D eigenvalue weighted by molar-refractivity contribution is -0.384. The molecule has 9 heteroatoms. The molecule has 0 spiro atoms. The van der Waals surface area contributed by atoms with Crippen molar-refractivity contribution < 1.29 is 19.3 Å². The highest BCUT2D eigenvalue weighted by molar-refractivity contribution is 9.10. The lowest BCUT2D eigenvalue weighted by Gasteiger charge is -2.39. The van der Waals surface area contributed by atoms with Crippen LogP contribution >= 0.6 is 15.9 Å². The van der Waals surface area contributed by atoms with Crippen molar-refractivity contribution in [3.8, 4) is 0 Å². The molecule has 2 amide bonds. The first-order chi connectivity index (χ1) is 13.0. The molecule has 1 aromatic carbocycles. The Balaban J connectivity index is 1.66. The monoisotopic (exact) mass is 451 g/mol. The summed E-state index contributed by atoms with van der Waals surface area (Å²) < 4.78 is 0. The zero-order valence-corrected chi connectivity index (χ0v) is 17.5. The summed E-state index contributed by atoms with van der Waals surface area (Å²) in [6, 6.07) is 5.63. The molecule has 2 saturated carbocycles. The van der Waals surface area contributed by atoms with Crippen molar-refractivity contribution in [1.29, 1.82) is 0 Å². The number of carbonyl (C=O) groups excluding carboxylic acids is 3. The summed E-state index contributed by atoms with van der Waals surface area (Å²) in [4.78, 5) is 47.5. The number of non-ortho nitro benzene ring substituents is 1. The number of nitro groups is 1. The number of Topliss-reactive ketones (excluding diaryl/α,β-unsaturated/α-hetero) is 1. The third kappa shape index (κ3) is 2.67. The molecule has 2 aliphatic carbocycles. The van der Waals surface area contributed by atoms with Crippen LogP contribution in [0.4, 0.5) is 5.69 Å². The number of nitrogens with one attached hydrogen (secondary N) is 2. The molecule has 8 nitrogen and oxygen atoms in total. The van der Waals surface area contributed by atoms with Crippen LogP contribution in [0.5, 0.6) is 0 Å². The van der Waals surface area contributed by atoms with E-state index in [1.807, 2.05) is 20.8 Å². The van der Waals surface area contributed by atoms with Gasteiger partial charge in [-0.1, -0.05) is 48.8 Å². The third-order valence-corrected chi connectivity index (χ3v) is 8.15. The number of alkyl halides is 1. The number of benzene rings is 1. The summed E-state index contributed by atoms with van der Waals surface area (Å²) in [6.45, 7) is 5.76. The molecular weight excluding hydrogens is 430 g/mol.